The van der Waals surface area contributed by atoms with Crippen molar-refractivity contribution in [3.05, 3.63) is 29.8 Å². The Kier molecular flexibility index (Phi) is 9.98. The lowest BCUT2D eigenvalue weighted by molar-refractivity contribution is 0.214. The van der Waals surface area contributed by atoms with Crippen molar-refractivity contribution in [2.75, 3.05) is 26.2 Å². The molecular weight excluding hydrogens is 258 g/mol. The maximum absolute atomic E-state index is 5.81. The summed E-state index contributed by atoms with van der Waals surface area (Å²) in [6, 6.07) is 8.48. The molecule has 0 bridgehead atoms. The van der Waals surface area contributed by atoms with Gasteiger partial charge >= 0.3 is 0 Å². The maximum atomic E-state index is 5.81. The smallest absolute Gasteiger partial charge is 0.119 e. The fraction of sp³-hybridized carbons (Fsp3) is 0.684. The molecule has 0 atom stereocenters. The minimum absolute atomic E-state index is 0.811. The van der Waals surface area contributed by atoms with E-state index in [4.69, 9.17) is 4.74 Å². The lowest BCUT2D eigenvalue weighted by atomic mass is 10.2. The summed E-state index contributed by atoms with van der Waals surface area (Å²) in [6.45, 7) is 10.8. The van der Waals surface area contributed by atoms with E-state index in [1.165, 1.54) is 50.8 Å². The van der Waals surface area contributed by atoms with Gasteiger partial charge in [0.2, 0.25) is 0 Å². The third-order valence-corrected chi connectivity index (χ3v) is 3.71. The van der Waals surface area contributed by atoms with E-state index >= 15 is 0 Å². The summed E-state index contributed by atoms with van der Waals surface area (Å²) in [4.78, 5) is 2.54. The maximum Gasteiger partial charge on any atom is 0.119 e. The number of hydrogen-bond donors (Lipinski definition) is 0. The molecule has 2 nitrogen and oxygen atoms in total. The fourth-order valence-corrected chi connectivity index (χ4v) is 2.47. The molecule has 0 unspecified atom stereocenters. The first kappa shape index (κ1) is 18.0. The van der Waals surface area contributed by atoms with Crippen molar-refractivity contribution in [1.29, 1.82) is 0 Å². The molecule has 0 spiro atoms. The molecule has 1 aliphatic rings. The first-order valence-corrected chi connectivity index (χ1v) is 8.74. The van der Waals surface area contributed by atoms with Crippen LogP contribution in [-0.2, 0) is 6.42 Å². The molecule has 1 aromatic carbocycles. The average molecular weight is 291 g/mol. The number of rotatable bonds is 5. The minimum Gasteiger partial charge on any atom is -0.492 e. The van der Waals surface area contributed by atoms with E-state index < -0.39 is 0 Å². The predicted molar refractivity (Wildman–Crippen MR) is 92.2 cm³/mol. The molecule has 0 amide bonds. The van der Waals surface area contributed by atoms with Crippen molar-refractivity contribution in [3.8, 4) is 5.75 Å². The Morgan fingerprint density at radius 2 is 1.48 bits per heavy atom. The van der Waals surface area contributed by atoms with Gasteiger partial charge < -0.3 is 4.74 Å². The Morgan fingerprint density at radius 1 is 0.905 bits per heavy atom. The van der Waals surface area contributed by atoms with Crippen LogP contribution in [0.5, 0.6) is 5.75 Å². The van der Waals surface area contributed by atoms with Gasteiger partial charge in [-0.2, -0.15) is 0 Å². The second kappa shape index (κ2) is 11.6. The molecule has 1 saturated heterocycles. The SMILES string of the molecule is CCC.CCc1ccc(OCCN2CCCCCC2)cc1. The topological polar surface area (TPSA) is 12.5 Å². The quantitative estimate of drug-likeness (QED) is 0.763. The first-order chi connectivity index (χ1) is 10.3. The summed E-state index contributed by atoms with van der Waals surface area (Å²) in [5, 5.41) is 0. The molecule has 0 saturated carbocycles. The number of benzene rings is 1. The Balaban J connectivity index is 0.000000677. The van der Waals surface area contributed by atoms with Gasteiger partial charge in [-0.05, 0) is 50.0 Å². The Hall–Kier alpha value is -1.02. The van der Waals surface area contributed by atoms with E-state index in [2.05, 4.69) is 49.9 Å². The van der Waals surface area contributed by atoms with Crippen LogP contribution in [0.15, 0.2) is 24.3 Å². The molecule has 1 aliphatic heterocycles. The van der Waals surface area contributed by atoms with Crippen molar-refractivity contribution in [2.45, 2.75) is 59.3 Å². The van der Waals surface area contributed by atoms with Crippen LogP contribution in [0.3, 0.4) is 0 Å². The zero-order valence-corrected chi connectivity index (χ0v) is 14.2. The van der Waals surface area contributed by atoms with E-state index in [0.29, 0.717) is 0 Å². The van der Waals surface area contributed by atoms with E-state index in [1.54, 1.807) is 0 Å². The lowest BCUT2D eigenvalue weighted by Crippen LogP contribution is -2.29. The van der Waals surface area contributed by atoms with Crippen molar-refractivity contribution >= 4 is 0 Å². The van der Waals surface area contributed by atoms with Crippen LogP contribution in [-0.4, -0.2) is 31.1 Å². The molecule has 2 heteroatoms. The van der Waals surface area contributed by atoms with Gasteiger partial charge in [-0.1, -0.05) is 52.2 Å². The Morgan fingerprint density at radius 3 is 2.00 bits per heavy atom. The predicted octanol–water partition coefficient (Wildman–Crippen LogP) is 4.92. The van der Waals surface area contributed by atoms with Crippen LogP contribution < -0.4 is 4.74 Å². The van der Waals surface area contributed by atoms with Crippen LogP contribution in [0.4, 0.5) is 0 Å². The second-order valence-electron chi connectivity index (χ2n) is 5.81. The largest absolute Gasteiger partial charge is 0.492 e. The minimum atomic E-state index is 0.811. The molecular formula is C19H33NO. The Labute approximate surface area is 131 Å². The van der Waals surface area contributed by atoms with Gasteiger partial charge in [0.05, 0.1) is 0 Å². The van der Waals surface area contributed by atoms with Gasteiger partial charge in [0, 0.05) is 6.54 Å². The van der Waals surface area contributed by atoms with Gasteiger partial charge in [-0.15, -0.1) is 0 Å². The van der Waals surface area contributed by atoms with E-state index in [0.717, 1.165) is 25.3 Å². The van der Waals surface area contributed by atoms with Gasteiger partial charge in [-0.3, -0.25) is 4.90 Å². The van der Waals surface area contributed by atoms with Crippen molar-refractivity contribution in [3.63, 3.8) is 0 Å². The number of likely N-dealkylation sites (tertiary alicyclic amines) is 1. The van der Waals surface area contributed by atoms with Crippen LogP contribution >= 0.6 is 0 Å². The molecule has 1 aromatic rings. The number of nitrogens with zero attached hydrogens (tertiary/aromatic N) is 1. The summed E-state index contributed by atoms with van der Waals surface area (Å²) in [6.07, 6.45) is 7.84. The average Bonchev–Trinajstić information content (AvgIpc) is 2.78. The lowest BCUT2D eigenvalue weighted by Gasteiger charge is -2.19. The summed E-state index contributed by atoms with van der Waals surface area (Å²) >= 11 is 0. The van der Waals surface area contributed by atoms with Gasteiger partial charge in [0.15, 0.2) is 0 Å². The number of aryl methyl sites for hydroxylation is 1. The molecule has 1 fully saturated rings. The monoisotopic (exact) mass is 291 g/mol. The molecule has 0 radical (unpaired) electrons. The van der Waals surface area contributed by atoms with Crippen LogP contribution in [0.2, 0.25) is 0 Å². The van der Waals surface area contributed by atoms with Gasteiger partial charge in [-0.25, -0.2) is 0 Å². The zero-order chi connectivity index (χ0) is 15.3. The third-order valence-electron chi connectivity index (χ3n) is 3.71. The van der Waals surface area contributed by atoms with E-state index in [1.807, 2.05) is 0 Å². The number of ether oxygens (including phenoxy) is 1. The molecule has 2 rings (SSSR count). The van der Waals surface area contributed by atoms with E-state index in [-0.39, 0.29) is 0 Å². The van der Waals surface area contributed by atoms with Gasteiger partial charge in [0.25, 0.3) is 0 Å². The summed E-state index contributed by atoms with van der Waals surface area (Å²) in [7, 11) is 0. The molecule has 0 aliphatic carbocycles. The molecule has 1 heterocycles. The molecule has 0 N–H and O–H groups in total. The summed E-state index contributed by atoms with van der Waals surface area (Å²) in [5.74, 6) is 1.00. The fourth-order valence-electron chi connectivity index (χ4n) is 2.47. The second-order valence-corrected chi connectivity index (χ2v) is 5.81. The number of hydrogen-bond acceptors (Lipinski definition) is 2. The first-order valence-electron chi connectivity index (χ1n) is 8.74. The van der Waals surface area contributed by atoms with E-state index in [9.17, 15) is 0 Å². The van der Waals surface area contributed by atoms with Crippen molar-refractivity contribution < 1.29 is 4.74 Å². The van der Waals surface area contributed by atoms with Crippen LogP contribution in [0.25, 0.3) is 0 Å². The van der Waals surface area contributed by atoms with Gasteiger partial charge in [0.1, 0.15) is 12.4 Å². The third kappa shape index (κ3) is 8.11. The molecule has 0 aromatic heterocycles. The van der Waals surface area contributed by atoms with Crippen LogP contribution in [0, 0.1) is 0 Å². The summed E-state index contributed by atoms with van der Waals surface area (Å²) < 4.78 is 5.81. The molecule has 21 heavy (non-hydrogen) atoms. The highest BCUT2D eigenvalue weighted by Gasteiger charge is 2.08. The zero-order valence-electron chi connectivity index (χ0n) is 14.2. The highest BCUT2D eigenvalue weighted by molar-refractivity contribution is 5.27. The normalized spacial score (nSPS) is 15.8. The molecule has 120 valence electrons. The standard InChI is InChI=1S/C16H25NO.C3H8/c1-2-15-7-9-16(10-8-15)18-14-13-17-11-5-3-4-6-12-17;1-3-2/h7-10H,2-6,11-14H2,1H3;3H2,1-2H3. The van der Waals surface area contributed by atoms with Crippen molar-refractivity contribution in [2.24, 2.45) is 0 Å². The highest BCUT2D eigenvalue weighted by atomic mass is 16.5. The summed E-state index contributed by atoms with van der Waals surface area (Å²) in [5.41, 5.74) is 1.37. The van der Waals surface area contributed by atoms with Crippen LogP contribution in [0.1, 0.15) is 58.4 Å². The Bertz CT molecular complexity index is 339. The van der Waals surface area contributed by atoms with Crippen molar-refractivity contribution in [1.82, 2.24) is 4.90 Å². The highest BCUT2D eigenvalue weighted by Crippen LogP contribution is 2.13.